The lowest BCUT2D eigenvalue weighted by atomic mass is 10.2. The predicted molar refractivity (Wildman–Crippen MR) is 71.0 cm³/mol. The second kappa shape index (κ2) is 8.91. The number of carboxylic acid groups (broad SMARTS) is 1. The molecule has 1 unspecified atom stereocenters. The van der Waals surface area contributed by atoms with Gasteiger partial charge in [0.15, 0.2) is 0 Å². The summed E-state index contributed by atoms with van der Waals surface area (Å²) in [6, 6.07) is -0.417. The summed E-state index contributed by atoms with van der Waals surface area (Å²) in [4.78, 5) is 23.6. The number of carbonyl (C=O) groups excluding carboxylic acids is 1. The lowest BCUT2D eigenvalue weighted by Crippen LogP contribution is -2.45. The number of aliphatic carboxylic acids is 1. The van der Waals surface area contributed by atoms with Crippen LogP contribution in [0.3, 0.4) is 0 Å². The Bertz CT molecular complexity index is 307. The van der Waals surface area contributed by atoms with Crippen LogP contribution in [0.2, 0.25) is 0 Å². The van der Waals surface area contributed by atoms with Crippen LogP contribution in [0.5, 0.6) is 0 Å². The highest BCUT2D eigenvalue weighted by atomic mass is 32.2. The van der Waals surface area contributed by atoms with Crippen molar-refractivity contribution in [3.05, 3.63) is 0 Å². The quantitative estimate of drug-likeness (QED) is 0.677. The topological polar surface area (TPSA) is 86.7 Å². The molecule has 0 heterocycles. The highest BCUT2D eigenvalue weighted by Gasteiger charge is 2.17. The number of hydrogen-bond acceptors (Lipinski definition) is 3. The summed E-state index contributed by atoms with van der Waals surface area (Å²) in [5, 5.41) is 11.3. The molecule has 0 aliphatic heterocycles. The first-order valence-corrected chi connectivity index (χ1v) is 7.45. The zero-order valence-corrected chi connectivity index (χ0v) is 12.0. The standard InChI is InChI=1S/C11H22N2O4S/c1-4-18(17)6-5-12-11(16)13(7-9(2)3)8-10(14)15/h9H,4-8H2,1-3H3,(H,12,16)(H,14,15). The van der Waals surface area contributed by atoms with Crippen molar-refractivity contribution in [1.29, 1.82) is 0 Å². The van der Waals surface area contributed by atoms with E-state index in [0.29, 0.717) is 24.6 Å². The average molecular weight is 278 g/mol. The molecule has 0 spiro atoms. The Labute approximate surface area is 110 Å². The first-order chi connectivity index (χ1) is 8.36. The highest BCUT2D eigenvalue weighted by molar-refractivity contribution is 7.84. The number of rotatable bonds is 8. The van der Waals surface area contributed by atoms with Gasteiger partial charge < -0.3 is 15.3 Å². The van der Waals surface area contributed by atoms with E-state index >= 15 is 0 Å². The van der Waals surface area contributed by atoms with Gasteiger partial charge in [0.2, 0.25) is 0 Å². The number of amides is 2. The summed E-state index contributed by atoms with van der Waals surface area (Å²) < 4.78 is 11.2. The summed E-state index contributed by atoms with van der Waals surface area (Å²) in [6.07, 6.45) is 0. The van der Waals surface area contributed by atoms with Crippen LogP contribution in [-0.4, -0.2) is 57.4 Å². The Morgan fingerprint density at radius 2 is 2.00 bits per heavy atom. The summed E-state index contributed by atoms with van der Waals surface area (Å²) in [7, 11) is -0.928. The number of hydrogen-bond donors (Lipinski definition) is 2. The Morgan fingerprint density at radius 3 is 2.44 bits per heavy atom. The van der Waals surface area contributed by atoms with E-state index in [0.717, 1.165) is 0 Å². The lowest BCUT2D eigenvalue weighted by Gasteiger charge is -2.23. The van der Waals surface area contributed by atoms with Gasteiger partial charge in [0, 0.05) is 35.4 Å². The zero-order valence-electron chi connectivity index (χ0n) is 11.1. The molecule has 106 valence electrons. The third kappa shape index (κ3) is 8.05. The minimum Gasteiger partial charge on any atom is -0.480 e. The SMILES string of the molecule is CCS(=O)CCNC(=O)N(CC(=O)O)CC(C)C. The van der Waals surface area contributed by atoms with Crippen molar-refractivity contribution in [2.24, 2.45) is 5.92 Å². The number of nitrogens with one attached hydrogen (secondary N) is 1. The Balaban J connectivity index is 4.20. The molecular formula is C11H22N2O4S. The Morgan fingerprint density at radius 1 is 1.39 bits per heavy atom. The Hall–Kier alpha value is -1.11. The maximum absolute atomic E-state index is 11.7. The number of carbonyl (C=O) groups is 2. The molecule has 6 nitrogen and oxygen atoms in total. The molecule has 0 aromatic carbocycles. The van der Waals surface area contributed by atoms with Gasteiger partial charge in [0.05, 0.1) is 0 Å². The van der Waals surface area contributed by atoms with Crippen molar-refractivity contribution in [2.45, 2.75) is 20.8 Å². The van der Waals surface area contributed by atoms with Crippen LogP contribution in [0.1, 0.15) is 20.8 Å². The molecule has 0 aromatic heterocycles. The van der Waals surface area contributed by atoms with Crippen LogP contribution >= 0.6 is 0 Å². The van der Waals surface area contributed by atoms with Crippen LogP contribution in [0.25, 0.3) is 0 Å². The smallest absolute Gasteiger partial charge is 0.323 e. The largest absolute Gasteiger partial charge is 0.480 e. The average Bonchev–Trinajstić information content (AvgIpc) is 2.26. The van der Waals surface area contributed by atoms with Crippen molar-refractivity contribution in [1.82, 2.24) is 10.2 Å². The third-order valence-corrected chi connectivity index (χ3v) is 3.43. The zero-order chi connectivity index (χ0) is 14.1. The van der Waals surface area contributed by atoms with Gasteiger partial charge in [-0.3, -0.25) is 9.00 Å². The van der Waals surface area contributed by atoms with Crippen LogP contribution in [0.15, 0.2) is 0 Å². The Kier molecular flexibility index (Phi) is 8.36. The maximum atomic E-state index is 11.7. The van der Waals surface area contributed by atoms with Gasteiger partial charge in [-0.25, -0.2) is 4.79 Å². The summed E-state index contributed by atoms with van der Waals surface area (Å²) in [6.45, 7) is 6.00. The van der Waals surface area contributed by atoms with E-state index in [9.17, 15) is 13.8 Å². The minimum absolute atomic E-state index is 0.194. The fourth-order valence-electron chi connectivity index (χ4n) is 1.35. The monoisotopic (exact) mass is 278 g/mol. The van der Waals surface area contributed by atoms with Crippen LogP contribution in [0.4, 0.5) is 4.79 Å². The van der Waals surface area contributed by atoms with Crippen molar-refractivity contribution in [3.8, 4) is 0 Å². The fourth-order valence-corrected chi connectivity index (χ4v) is 1.97. The van der Waals surface area contributed by atoms with E-state index in [4.69, 9.17) is 5.11 Å². The molecular weight excluding hydrogens is 256 g/mol. The second-order valence-electron chi connectivity index (χ2n) is 4.33. The maximum Gasteiger partial charge on any atom is 0.323 e. The van der Waals surface area contributed by atoms with E-state index in [2.05, 4.69) is 5.32 Å². The molecule has 0 aliphatic rings. The van der Waals surface area contributed by atoms with Gasteiger partial charge in [-0.05, 0) is 5.92 Å². The van der Waals surface area contributed by atoms with Gasteiger partial charge in [-0.2, -0.15) is 0 Å². The molecule has 7 heteroatoms. The molecule has 18 heavy (non-hydrogen) atoms. The lowest BCUT2D eigenvalue weighted by molar-refractivity contribution is -0.137. The van der Waals surface area contributed by atoms with Crippen LogP contribution in [-0.2, 0) is 15.6 Å². The van der Waals surface area contributed by atoms with E-state index in [1.807, 2.05) is 20.8 Å². The number of carboxylic acids is 1. The van der Waals surface area contributed by atoms with Gasteiger partial charge in [0.1, 0.15) is 6.54 Å². The third-order valence-electron chi connectivity index (χ3n) is 2.13. The molecule has 0 rings (SSSR count). The molecule has 0 fully saturated rings. The van der Waals surface area contributed by atoms with Gasteiger partial charge in [0.25, 0.3) is 0 Å². The van der Waals surface area contributed by atoms with Gasteiger partial charge in [-0.1, -0.05) is 20.8 Å². The van der Waals surface area contributed by atoms with Crippen molar-refractivity contribution < 1.29 is 18.9 Å². The number of urea groups is 1. The number of nitrogens with zero attached hydrogens (tertiary/aromatic N) is 1. The molecule has 0 aromatic rings. The molecule has 0 saturated carbocycles. The van der Waals surface area contributed by atoms with E-state index < -0.39 is 22.8 Å². The molecule has 0 bridgehead atoms. The molecule has 1 atom stereocenters. The van der Waals surface area contributed by atoms with E-state index in [1.165, 1.54) is 4.90 Å². The molecule has 0 aliphatic carbocycles. The first-order valence-electron chi connectivity index (χ1n) is 5.96. The van der Waals surface area contributed by atoms with Crippen molar-refractivity contribution in [2.75, 3.05) is 31.1 Å². The highest BCUT2D eigenvalue weighted by Crippen LogP contribution is 1.99. The predicted octanol–water partition coefficient (Wildman–Crippen LogP) is 0.507. The first kappa shape index (κ1) is 16.9. The van der Waals surface area contributed by atoms with E-state index in [-0.39, 0.29) is 12.5 Å². The van der Waals surface area contributed by atoms with Crippen molar-refractivity contribution >= 4 is 22.8 Å². The molecule has 0 radical (unpaired) electrons. The molecule has 2 amide bonds. The second-order valence-corrected chi connectivity index (χ2v) is 6.20. The van der Waals surface area contributed by atoms with Gasteiger partial charge in [-0.15, -0.1) is 0 Å². The van der Waals surface area contributed by atoms with Crippen molar-refractivity contribution in [3.63, 3.8) is 0 Å². The summed E-state index contributed by atoms with van der Waals surface area (Å²) >= 11 is 0. The normalized spacial score (nSPS) is 12.2. The summed E-state index contributed by atoms with van der Waals surface area (Å²) in [5.41, 5.74) is 0. The van der Waals surface area contributed by atoms with Crippen LogP contribution < -0.4 is 5.32 Å². The fraction of sp³-hybridized carbons (Fsp3) is 0.818. The van der Waals surface area contributed by atoms with E-state index in [1.54, 1.807) is 0 Å². The summed E-state index contributed by atoms with van der Waals surface area (Å²) in [5.74, 6) is 0.105. The van der Waals surface area contributed by atoms with Gasteiger partial charge >= 0.3 is 12.0 Å². The molecule has 0 saturated heterocycles. The van der Waals surface area contributed by atoms with Crippen LogP contribution in [0, 0.1) is 5.92 Å². The molecule has 2 N–H and O–H groups in total. The minimum atomic E-state index is -1.04.